The summed E-state index contributed by atoms with van der Waals surface area (Å²) in [4.78, 5) is 0. The molecule has 1 aromatic carbocycles. The third-order valence-corrected chi connectivity index (χ3v) is 5.07. The molecule has 2 aliphatic rings. The maximum Gasteiger partial charge on any atom is 0.123 e. The van der Waals surface area contributed by atoms with Crippen molar-refractivity contribution in [2.45, 2.75) is 32.2 Å². The maximum absolute atomic E-state index is 6.02. The highest BCUT2D eigenvalue weighted by atomic mass is 79.9. The number of benzene rings is 1. The highest BCUT2D eigenvalue weighted by Gasteiger charge is 2.39. The largest absolute Gasteiger partial charge is 0.493 e. The molecule has 2 N–H and O–H groups in total. The molecule has 2 nitrogen and oxygen atoms in total. The van der Waals surface area contributed by atoms with Gasteiger partial charge in [0.2, 0.25) is 0 Å². The number of hydrogen-bond acceptors (Lipinski definition) is 2. The van der Waals surface area contributed by atoms with Crippen molar-refractivity contribution in [1.82, 2.24) is 0 Å². The van der Waals surface area contributed by atoms with Crippen LogP contribution < -0.4 is 10.5 Å². The standard InChI is InChI=1S/C15H20BrNO/c16-14-3-4-15(12(7-14)8-17)18-9-13-6-10-1-2-11(13)5-10/h3-4,7,10-11,13H,1-2,5-6,8-9,17H2. The Kier molecular flexibility index (Phi) is 3.62. The minimum Gasteiger partial charge on any atom is -0.493 e. The second-order valence-corrected chi connectivity index (χ2v) is 6.62. The molecule has 2 bridgehead atoms. The summed E-state index contributed by atoms with van der Waals surface area (Å²) in [6.07, 6.45) is 5.69. The summed E-state index contributed by atoms with van der Waals surface area (Å²) in [5.41, 5.74) is 6.85. The molecule has 0 spiro atoms. The Bertz CT molecular complexity index is 435. The van der Waals surface area contributed by atoms with Crippen molar-refractivity contribution in [2.75, 3.05) is 6.61 Å². The van der Waals surface area contributed by atoms with Crippen LogP contribution in [0.25, 0.3) is 0 Å². The van der Waals surface area contributed by atoms with Crippen LogP contribution >= 0.6 is 15.9 Å². The van der Waals surface area contributed by atoms with Crippen LogP contribution in [-0.2, 0) is 6.54 Å². The van der Waals surface area contributed by atoms with Gasteiger partial charge in [0.25, 0.3) is 0 Å². The number of fused-ring (bicyclic) bond motifs is 2. The Morgan fingerprint density at radius 3 is 2.83 bits per heavy atom. The number of nitrogens with two attached hydrogens (primary N) is 1. The van der Waals surface area contributed by atoms with E-state index < -0.39 is 0 Å². The van der Waals surface area contributed by atoms with E-state index in [1.807, 2.05) is 12.1 Å². The monoisotopic (exact) mass is 309 g/mol. The van der Waals surface area contributed by atoms with Crippen molar-refractivity contribution in [1.29, 1.82) is 0 Å². The molecule has 2 saturated carbocycles. The van der Waals surface area contributed by atoms with E-state index >= 15 is 0 Å². The minimum absolute atomic E-state index is 0.533. The van der Waals surface area contributed by atoms with Crippen LogP contribution in [-0.4, -0.2) is 6.61 Å². The summed E-state index contributed by atoms with van der Waals surface area (Å²) < 4.78 is 7.08. The van der Waals surface area contributed by atoms with Crippen LogP contribution in [0.4, 0.5) is 0 Å². The smallest absolute Gasteiger partial charge is 0.123 e. The van der Waals surface area contributed by atoms with Gasteiger partial charge in [0.15, 0.2) is 0 Å². The molecule has 0 saturated heterocycles. The molecule has 0 radical (unpaired) electrons. The molecular weight excluding hydrogens is 290 g/mol. The third-order valence-electron chi connectivity index (χ3n) is 4.58. The lowest BCUT2D eigenvalue weighted by molar-refractivity contribution is 0.194. The Labute approximate surface area is 117 Å². The third kappa shape index (κ3) is 2.43. The van der Waals surface area contributed by atoms with E-state index in [9.17, 15) is 0 Å². The zero-order valence-corrected chi connectivity index (χ0v) is 12.2. The van der Waals surface area contributed by atoms with E-state index in [1.54, 1.807) is 0 Å². The minimum atomic E-state index is 0.533. The fourth-order valence-corrected chi connectivity index (χ4v) is 4.03. The van der Waals surface area contributed by atoms with Crippen LogP contribution in [0.2, 0.25) is 0 Å². The van der Waals surface area contributed by atoms with Gasteiger partial charge in [0.05, 0.1) is 6.61 Å². The average molecular weight is 310 g/mol. The Morgan fingerprint density at radius 2 is 2.17 bits per heavy atom. The topological polar surface area (TPSA) is 35.2 Å². The fraction of sp³-hybridized carbons (Fsp3) is 0.600. The van der Waals surface area contributed by atoms with Gasteiger partial charge in [-0.25, -0.2) is 0 Å². The molecule has 3 heteroatoms. The van der Waals surface area contributed by atoms with E-state index in [4.69, 9.17) is 10.5 Å². The first-order valence-corrected chi connectivity index (χ1v) is 7.67. The van der Waals surface area contributed by atoms with E-state index in [1.165, 1.54) is 25.7 Å². The molecule has 2 fully saturated rings. The molecule has 1 aromatic rings. The van der Waals surface area contributed by atoms with Crippen LogP contribution in [0.5, 0.6) is 5.75 Å². The fourth-order valence-electron chi connectivity index (χ4n) is 3.63. The summed E-state index contributed by atoms with van der Waals surface area (Å²) in [5.74, 6) is 3.65. The van der Waals surface area contributed by atoms with Crippen molar-refractivity contribution in [3.05, 3.63) is 28.2 Å². The van der Waals surface area contributed by atoms with Gasteiger partial charge in [-0.05, 0) is 55.2 Å². The predicted octanol–water partition coefficient (Wildman–Crippen LogP) is 3.72. The Hall–Kier alpha value is -0.540. The number of halogens is 1. The van der Waals surface area contributed by atoms with Gasteiger partial charge in [-0.1, -0.05) is 22.4 Å². The van der Waals surface area contributed by atoms with Crippen LogP contribution in [0.3, 0.4) is 0 Å². The molecule has 0 aromatic heterocycles. The zero-order valence-electron chi connectivity index (χ0n) is 10.6. The molecular formula is C15H20BrNO. The first-order valence-electron chi connectivity index (χ1n) is 6.87. The van der Waals surface area contributed by atoms with Gasteiger partial charge in [0.1, 0.15) is 5.75 Å². The quantitative estimate of drug-likeness (QED) is 0.920. The molecule has 18 heavy (non-hydrogen) atoms. The van der Waals surface area contributed by atoms with Crippen molar-refractivity contribution in [2.24, 2.45) is 23.5 Å². The summed E-state index contributed by atoms with van der Waals surface area (Å²) in [7, 11) is 0. The number of ether oxygens (including phenoxy) is 1. The maximum atomic E-state index is 6.02. The van der Waals surface area contributed by atoms with E-state index in [0.29, 0.717) is 6.54 Å². The van der Waals surface area contributed by atoms with Crippen LogP contribution in [0.15, 0.2) is 22.7 Å². The van der Waals surface area contributed by atoms with E-state index in [0.717, 1.165) is 40.1 Å². The highest BCUT2D eigenvalue weighted by molar-refractivity contribution is 9.10. The zero-order chi connectivity index (χ0) is 12.5. The van der Waals surface area contributed by atoms with Crippen molar-refractivity contribution >= 4 is 15.9 Å². The number of rotatable bonds is 4. The first-order chi connectivity index (χ1) is 8.76. The second kappa shape index (κ2) is 5.22. The summed E-state index contributed by atoms with van der Waals surface area (Å²) in [6, 6.07) is 6.10. The van der Waals surface area contributed by atoms with Gasteiger partial charge < -0.3 is 10.5 Å². The highest BCUT2D eigenvalue weighted by Crippen LogP contribution is 2.48. The summed E-state index contributed by atoms with van der Waals surface area (Å²) in [5, 5.41) is 0. The van der Waals surface area contributed by atoms with Gasteiger partial charge in [-0.15, -0.1) is 0 Å². The van der Waals surface area contributed by atoms with Gasteiger partial charge >= 0.3 is 0 Å². The lowest BCUT2D eigenvalue weighted by atomic mass is 9.89. The van der Waals surface area contributed by atoms with Gasteiger partial charge in [-0.3, -0.25) is 0 Å². The molecule has 0 amide bonds. The Morgan fingerprint density at radius 1 is 1.28 bits per heavy atom. The summed E-state index contributed by atoms with van der Waals surface area (Å²) in [6.45, 7) is 1.40. The predicted molar refractivity (Wildman–Crippen MR) is 76.5 cm³/mol. The van der Waals surface area contributed by atoms with E-state index in [2.05, 4.69) is 22.0 Å². The van der Waals surface area contributed by atoms with Gasteiger partial charge in [-0.2, -0.15) is 0 Å². The average Bonchev–Trinajstić information content (AvgIpc) is 2.99. The lowest BCUT2D eigenvalue weighted by Gasteiger charge is -2.22. The van der Waals surface area contributed by atoms with Crippen LogP contribution in [0, 0.1) is 17.8 Å². The van der Waals surface area contributed by atoms with Crippen molar-refractivity contribution < 1.29 is 4.74 Å². The molecule has 2 aliphatic carbocycles. The molecule has 0 aliphatic heterocycles. The summed E-state index contributed by atoms with van der Waals surface area (Å²) >= 11 is 3.47. The second-order valence-electron chi connectivity index (χ2n) is 5.70. The lowest BCUT2D eigenvalue weighted by Crippen LogP contribution is -2.19. The van der Waals surface area contributed by atoms with Crippen molar-refractivity contribution in [3.8, 4) is 5.75 Å². The molecule has 3 atom stereocenters. The van der Waals surface area contributed by atoms with Crippen molar-refractivity contribution in [3.63, 3.8) is 0 Å². The van der Waals surface area contributed by atoms with Crippen LogP contribution in [0.1, 0.15) is 31.2 Å². The first kappa shape index (κ1) is 12.5. The SMILES string of the molecule is NCc1cc(Br)ccc1OCC1CC2CCC1C2. The van der Waals surface area contributed by atoms with E-state index in [-0.39, 0.29) is 0 Å². The van der Waals surface area contributed by atoms with Gasteiger partial charge in [0, 0.05) is 16.6 Å². The molecule has 3 rings (SSSR count). The number of hydrogen-bond donors (Lipinski definition) is 1. The molecule has 0 heterocycles. The Balaban J connectivity index is 1.63. The normalized spacial score (nSPS) is 29.8. The molecule has 3 unspecified atom stereocenters. The molecule has 98 valence electrons.